The van der Waals surface area contributed by atoms with Gasteiger partial charge in [-0.15, -0.1) is 0 Å². The van der Waals surface area contributed by atoms with Crippen LogP contribution in [0.5, 0.6) is 0 Å². The third-order valence-electron chi connectivity index (χ3n) is 9.93. The fourth-order valence-corrected chi connectivity index (χ4v) is 7.76. The fraction of sp³-hybridized carbons (Fsp3) is 0.529. The van der Waals surface area contributed by atoms with Crippen LogP contribution in [0, 0.1) is 11.8 Å². The van der Waals surface area contributed by atoms with Crippen LogP contribution >= 0.6 is 22.9 Å². The first-order valence-corrected chi connectivity index (χ1v) is 16.5. The standard InChI is InChI=1S/C34H40INO10/c1-17(33-32(44)31(43)29(41)26(16-38)46-33)12-19-3-6-21-20-5-2-18(4-7-24-27(39)30(42)28(40)25(15-37)45-24)13-22(20)34(23(21)14-19)8-10-36(35)11-9-34/h2-3,5-6,12-14,24-33,37-44H,8-11,15-16H2,1H3/b17-12-/t24-,25-,26-,27-,28-,29-,30-,31+,32+,33-/m1/s1. The SMILES string of the molecule is C/C(=C/c1ccc2c(c1)C1(CCN(I)CC1)c1cc(C#C[C@H]3O[C@H](CO)[C@@H](O)[C@H](O)[C@@H]3O)ccc1-2)[C@H]1O[C@H](CO)[C@@H](O)[C@H](O)[C@@H]1O. The van der Waals surface area contributed by atoms with Crippen molar-refractivity contribution in [1.29, 1.82) is 0 Å². The molecule has 3 heterocycles. The van der Waals surface area contributed by atoms with E-state index in [1.54, 1.807) is 6.92 Å². The number of rotatable bonds is 4. The molecule has 2 aromatic carbocycles. The van der Waals surface area contributed by atoms with Gasteiger partial charge in [-0.2, -0.15) is 0 Å². The highest BCUT2D eigenvalue weighted by Gasteiger charge is 2.46. The normalized spacial score (nSPS) is 35.7. The molecule has 248 valence electrons. The number of hydrogen-bond acceptors (Lipinski definition) is 11. The summed E-state index contributed by atoms with van der Waals surface area (Å²) in [4.78, 5) is 0. The summed E-state index contributed by atoms with van der Waals surface area (Å²) in [6.07, 6.45) is -8.94. The third-order valence-corrected chi connectivity index (χ3v) is 10.9. The van der Waals surface area contributed by atoms with Crippen molar-refractivity contribution in [3.05, 3.63) is 64.2 Å². The number of benzene rings is 2. The lowest BCUT2D eigenvalue weighted by Crippen LogP contribution is -2.58. The van der Waals surface area contributed by atoms with Crippen molar-refractivity contribution in [1.82, 2.24) is 3.11 Å². The zero-order valence-corrected chi connectivity index (χ0v) is 27.4. The van der Waals surface area contributed by atoms with E-state index < -0.39 is 74.3 Å². The predicted molar refractivity (Wildman–Crippen MR) is 176 cm³/mol. The lowest BCUT2D eigenvalue weighted by Gasteiger charge is -2.40. The molecule has 0 saturated carbocycles. The molecular weight excluding hydrogens is 709 g/mol. The van der Waals surface area contributed by atoms with Gasteiger partial charge in [-0.1, -0.05) is 42.2 Å². The third kappa shape index (κ3) is 5.95. The second-order valence-corrected chi connectivity index (χ2v) is 14.1. The first-order valence-electron chi connectivity index (χ1n) is 15.5. The molecule has 1 aliphatic carbocycles. The molecule has 0 bridgehead atoms. The summed E-state index contributed by atoms with van der Waals surface area (Å²) in [5.74, 6) is 5.97. The summed E-state index contributed by atoms with van der Waals surface area (Å²) in [5.41, 5.74) is 6.52. The second kappa shape index (κ2) is 13.5. The highest BCUT2D eigenvalue weighted by atomic mass is 127. The summed E-state index contributed by atoms with van der Waals surface area (Å²) in [7, 11) is 0. The summed E-state index contributed by atoms with van der Waals surface area (Å²) in [6, 6.07) is 12.3. The van der Waals surface area contributed by atoms with Gasteiger partial charge in [0.25, 0.3) is 0 Å². The Morgan fingerprint density at radius 1 is 0.826 bits per heavy atom. The second-order valence-electron chi connectivity index (χ2n) is 12.7. The maximum atomic E-state index is 10.7. The Balaban J connectivity index is 1.33. The van der Waals surface area contributed by atoms with Gasteiger partial charge in [0.15, 0.2) is 0 Å². The molecule has 0 aromatic heterocycles. The number of hydrogen-bond donors (Lipinski definition) is 8. The highest BCUT2D eigenvalue weighted by molar-refractivity contribution is 14.1. The van der Waals surface area contributed by atoms with Crippen molar-refractivity contribution in [2.75, 3.05) is 26.3 Å². The van der Waals surface area contributed by atoms with Crippen LogP contribution in [-0.4, -0.2) is 131 Å². The number of piperidine rings is 1. The molecule has 6 rings (SSSR count). The van der Waals surface area contributed by atoms with Crippen LogP contribution in [0.2, 0.25) is 0 Å². The first-order chi connectivity index (χ1) is 22.0. The predicted octanol–water partition coefficient (Wildman–Crippen LogP) is -0.161. The van der Waals surface area contributed by atoms with Crippen molar-refractivity contribution in [2.24, 2.45) is 0 Å². The molecule has 12 heteroatoms. The van der Waals surface area contributed by atoms with E-state index in [9.17, 15) is 40.9 Å². The molecule has 11 nitrogen and oxygen atoms in total. The molecule has 4 aliphatic rings. The van der Waals surface area contributed by atoms with Crippen LogP contribution in [0.15, 0.2) is 42.0 Å². The lowest BCUT2D eigenvalue weighted by atomic mass is 9.71. The smallest absolute Gasteiger partial charge is 0.147 e. The minimum atomic E-state index is -1.49. The van der Waals surface area contributed by atoms with Crippen molar-refractivity contribution < 1.29 is 50.3 Å². The molecule has 2 aromatic rings. The van der Waals surface area contributed by atoms with Gasteiger partial charge in [0, 0.05) is 46.9 Å². The maximum absolute atomic E-state index is 10.7. The Bertz CT molecular complexity index is 1530. The molecule has 1 spiro atoms. The van der Waals surface area contributed by atoms with Crippen LogP contribution in [0.1, 0.15) is 42.0 Å². The number of aliphatic hydroxyl groups excluding tert-OH is 8. The fourth-order valence-electron chi connectivity index (χ4n) is 7.28. The van der Waals surface area contributed by atoms with Crippen LogP contribution in [-0.2, 0) is 14.9 Å². The van der Waals surface area contributed by atoms with Gasteiger partial charge in [-0.05, 0) is 65.3 Å². The Kier molecular flexibility index (Phi) is 9.95. The molecule has 0 unspecified atom stereocenters. The van der Waals surface area contributed by atoms with E-state index in [-0.39, 0.29) is 5.41 Å². The first kappa shape index (κ1) is 33.9. The van der Waals surface area contributed by atoms with Crippen LogP contribution < -0.4 is 0 Å². The summed E-state index contributed by atoms with van der Waals surface area (Å²) in [5, 5.41) is 81.0. The number of fused-ring (bicyclic) bond motifs is 5. The molecule has 3 saturated heterocycles. The van der Waals surface area contributed by atoms with E-state index in [1.165, 1.54) is 5.56 Å². The Labute approximate surface area is 281 Å². The number of halogens is 1. The molecule has 3 aliphatic heterocycles. The van der Waals surface area contributed by atoms with Crippen LogP contribution in [0.3, 0.4) is 0 Å². The number of ether oxygens (including phenoxy) is 2. The van der Waals surface area contributed by atoms with Crippen molar-refractivity contribution >= 4 is 28.9 Å². The average Bonchev–Trinajstić information content (AvgIpc) is 3.31. The van der Waals surface area contributed by atoms with E-state index in [0.717, 1.165) is 48.2 Å². The lowest BCUT2D eigenvalue weighted by molar-refractivity contribution is -0.219. The van der Waals surface area contributed by atoms with Crippen LogP contribution in [0.25, 0.3) is 17.2 Å². The molecule has 46 heavy (non-hydrogen) atoms. The van der Waals surface area contributed by atoms with Crippen molar-refractivity contribution in [2.45, 2.75) is 86.2 Å². The minimum Gasteiger partial charge on any atom is -0.394 e. The zero-order valence-electron chi connectivity index (χ0n) is 25.3. The van der Waals surface area contributed by atoms with E-state index in [1.807, 2.05) is 24.3 Å². The van der Waals surface area contributed by atoms with Gasteiger partial charge in [0.05, 0.1) is 13.2 Å². The number of aliphatic hydroxyl groups is 8. The molecule has 10 atom stereocenters. The van der Waals surface area contributed by atoms with Gasteiger partial charge >= 0.3 is 0 Å². The Morgan fingerprint density at radius 2 is 1.41 bits per heavy atom. The monoisotopic (exact) mass is 749 g/mol. The van der Waals surface area contributed by atoms with Gasteiger partial charge in [0.2, 0.25) is 0 Å². The van der Waals surface area contributed by atoms with Gasteiger partial charge in [-0.3, -0.25) is 0 Å². The topological polar surface area (TPSA) is 184 Å². The number of nitrogens with zero attached hydrogens (tertiary/aromatic N) is 1. The largest absolute Gasteiger partial charge is 0.394 e. The van der Waals surface area contributed by atoms with Gasteiger partial charge in [-0.25, -0.2) is 3.11 Å². The average molecular weight is 750 g/mol. The van der Waals surface area contributed by atoms with Gasteiger partial charge in [0.1, 0.15) is 61.0 Å². The summed E-state index contributed by atoms with van der Waals surface area (Å²) in [6.45, 7) is 2.54. The van der Waals surface area contributed by atoms with Crippen molar-refractivity contribution in [3.63, 3.8) is 0 Å². The zero-order chi connectivity index (χ0) is 32.9. The molecule has 3 fully saturated rings. The quantitative estimate of drug-likeness (QED) is 0.118. The van der Waals surface area contributed by atoms with E-state index in [4.69, 9.17) is 9.47 Å². The summed E-state index contributed by atoms with van der Waals surface area (Å²) < 4.78 is 13.6. The van der Waals surface area contributed by atoms with Gasteiger partial charge < -0.3 is 50.3 Å². The van der Waals surface area contributed by atoms with E-state index in [0.29, 0.717) is 11.1 Å². The maximum Gasteiger partial charge on any atom is 0.147 e. The molecule has 8 N–H and O–H groups in total. The summed E-state index contributed by atoms with van der Waals surface area (Å²) >= 11 is 2.35. The molecular formula is C34H40INO10. The van der Waals surface area contributed by atoms with E-state index in [2.05, 4.69) is 56.0 Å². The Morgan fingerprint density at radius 3 is 2.07 bits per heavy atom. The minimum absolute atomic E-state index is 0.284. The van der Waals surface area contributed by atoms with E-state index >= 15 is 0 Å². The molecule has 0 radical (unpaired) electrons. The Hall–Kier alpha value is -1.97. The highest BCUT2D eigenvalue weighted by Crippen LogP contribution is 2.54. The molecule has 0 amide bonds. The van der Waals surface area contributed by atoms with Crippen molar-refractivity contribution in [3.8, 4) is 23.0 Å². The van der Waals surface area contributed by atoms with Crippen LogP contribution in [0.4, 0.5) is 0 Å².